The summed E-state index contributed by atoms with van der Waals surface area (Å²) >= 11 is 1.61. The third-order valence-electron chi connectivity index (χ3n) is 3.16. The van der Waals surface area contributed by atoms with Gasteiger partial charge in [-0.1, -0.05) is 12.1 Å². The van der Waals surface area contributed by atoms with E-state index in [9.17, 15) is 0 Å². The topological polar surface area (TPSA) is 72.9 Å². The minimum atomic E-state index is -0.00200. The Bertz CT molecular complexity index is 776. The number of nitrogens with zero attached hydrogens (tertiary/aromatic N) is 3. The first kappa shape index (κ1) is 12.5. The zero-order valence-corrected chi connectivity index (χ0v) is 11.8. The predicted octanol–water partition coefficient (Wildman–Crippen LogP) is 2.28. The van der Waals surface area contributed by atoms with E-state index >= 15 is 0 Å². The van der Waals surface area contributed by atoms with Crippen molar-refractivity contribution in [3.63, 3.8) is 0 Å². The summed E-state index contributed by atoms with van der Waals surface area (Å²) in [6.45, 7) is 0.543. The van der Waals surface area contributed by atoms with Crippen LogP contribution in [-0.4, -0.2) is 38.4 Å². The number of nitrogens with one attached hydrogen (secondary N) is 1. The fourth-order valence-electron chi connectivity index (χ4n) is 2.17. The number of ether oxygens (including phenoxy) is 2. The van der Waals surface area contributed by atoms with E-state index in [-0.39, 0.29) is 6.10 Å². The van der Waals surface area contributed by atoms with E-state index in [0.29, 0.717) is 12.3 Å². The zero-order valence-electron chi connectivity index (χ0n) is 11.0. The Labute approximate surface area is 124 Å². The van der Waals surface area contributed by atoms with Gasteiger partial charge in [-0.15, -0.1) is 11.8 Å². The molecule has 0 spiro atoms. The number of hydrogen-bond donors (Lipinski definition) is 1. The van der Waals surface area contributed by atoms with Crippen molar-refractivity contribution in [3.05, 3.63) is 36.9 Å². The molecule has 0 bridgehead atoms. The van der Waals surface area contributed by atoms with Crippen molar-refractivity contribution >= 4 is 22.9 Å². The summed E-state index contributed by atoms with van der Waals surface area (Å²) in [5, 5.41) is 0.875. The van der Waals surface area contributed by atoms with Gasteiger partial charge < -0.3 is 14.5 Å². The SMILES string of the molecule is c1ccc2c(c1)OCC(CSc1ncnc3nc[nH]c13)O2. The highest BCUT2D eigenvalue weighted by Gasteiger charge is 2.21. The highest BCUT2D eigenvalue weighted by atomic mass is 32.2. The molecule has 1 atom stereocenters. The minimum absolute atomic E-state index is 0.00200. The summed E-state index contributed by atoms with van der Waals surface area (Å²) in [6.07, 6.45) is 3.15. The van der Waals surface area contributed by atoms with Gasteiger partial charge in [0.25, 0.3) is 0 Å². The molecule has 1 aliphatic rings. The molecule has 1 aliphatic heterocycles. The van der Waals surface area contributed by atoms with Crippen LogP contribution in [0.3, 0.4) is 0 Å². The summed E-state index contributed by atoms with van der Waals surface area (Å²) in [5.41, 5.74) is 1.54. The monoisotopic (exact) mass is 300 g/mol. The number of fused-ring (bicyclic) bond motifs is 2. The highest BCUT2D eigenvalue weighted by Crippen LogP contribution is 2.32. The van der Waals surface area contributed by atoms with Crippen molar-refractivity contribution in [2.75, 3.05) is 12.4 Å². The summed E-state index contributed by atoms with van der Waals surface area (Å²) in [6, 6.07) is 7.71. The quantitative estimate of drug-likeness (QED) is 0.591. The summed E-state index contributed by atoms with van der Waals surface area (Å²) in [5.74, 6) is 2.35. The van der Waals surface area contributed by atoms with Gasteiger partial charge in [-0.25, -0.2) is 15.0 Å². The predicted molar refractivity (Wildman–Crippen MR) is 78.8 cm³/mol. The van der Waals surface area contributed by atoms with Crippen molar-refractivity contribution in [1.82, 2.24) is 19.9 Å². The second-order valence-electron chi connectivity index (χ2n) is 4.59. The molecule has 0 amide bonds. The third-order valence-corrected chi connectivity index (χ3v) is 4.28. The normalized spacial score (nSPS) is 17.0. The minimum Gasteiger partial charge on any atom is -0.486 e. The standard InChI is InChI=1S/C14H12N4O2S/c1-2-4-11-10(3-1)19-5-9(20-11)6-21-14-12-13(16-7-15-12)17-8-18-14/h1-4,7-9H,5-6H2,(H,15,16,17,18). The smallest absolute Gasteiger partial charge is 0.181 e. The van der Waals surface area contributed by atoms with Gasteiger partial charge in [0.1, 0.15) is 29.6 Å². The van der Waals surface area contributed by atoms with Gasteiger partial charge in [0.05, 0.1) is 6.33 Å². The van der Waals surface area contributed by atoms with E-state index in [1.54, 1.807) is 18.1 Å². The Morgan fingerprint density at radius 1 is 1.19 bits per heavy atom. The molecule has 0 saturated heterocycles. The largest absolute Gasteiger partial charge is 0.486 e. The second kappa shape index (κ2) is 5.25. The number of thioether (sulfide) groups is 1. The van der Waals surface area contributed by atoms with Gasteiger partial charge in [-0.05, 0) is 12.1 Å². The van der Waals surface area contributed by atoms with Crippen LogP contribution in [0.1, 0.15) is 0 Å². The molecule has 3 heterocycles. The lowest BCUT2D eigenvalue weighted by Crippen LogP contribution is -2.31. The Morgan fingerprint density at radius 3 is 3.05 bits per heavy atom. The highest BCUT2D eigenvalue weighted by molar-refractivity contribution is 7.99. The van der Waals surface area contributed by atoms with Crippen molar-refractivity contribution < 1.29 is 9.47 Å². The molecule has 21 heavy (non-hydrogen) atoms. The van der Waals surface area contributed by atoms with E-state index in [0.717, 1.165) is 27.8 Å². The lowest BCUT2D eigenvalue weighted by molar-refractivity contribution is 0.107. The number of aromatic nitrogens is 4. The lowest BCUT2D eigenvalue weighted by atomic mass is 10.3. The molecule has 0 saturated carbocycles. The van der Waals surface area contributed by atoms with Crippen LogP contribution in [0.25, 0.3) is 11.2 Å². The molecular formula is C14H12N4O2S. The van der Waals surface area contributed by atoms with Crippen LogP contribution in [0.4, 0.5) is 0 Å². The van der Waals surface area contributed by atoms with Crippen molar-refractivity contribution in [3.8, 4) is 11.5 Å². The number of imidazole rings is 1. The summed E-state index contributed by atoms with van der Waals surface area (Å²) in [4.78, 5) is 15.6. The number of para-hydroxylation sites is 2. The molecule has 1 N–H and O–H groups in total. The number of H-pyrrole nitrogens is 1. The molecule has 4 rings (SSSR count). The Balaban J connectivity index is 1.47. The second-order valence-corrected chi connectivity index (χ2v) is 5.60. The van der Waals surface area contributed by atoms with Crippen molar-refractivity contribution in [2.24, 2.45) is 0 Å². The molecule has 0 aliphatic carbocycles. The van der Waals surface area contributed by atoms with E-state index < -0.39 is 0 Å². The molecule has 6 nitrogen and oxygen atoms in total. The Morgan fingerprint density at radius 2 is 2.10 bits per heavy atom. The van der Waals surface area contributed by atoms with Crippen LogP contribution in [0, 0.1) is 0 Å². The van der Waals surface area contributed by atoms with E-state index in [1.165, 1.54) is 6.33 Å². The molecule has 7 heteroatoms. The molecular weight excluding hydrogens is 288 g/mol. The lowest BCUT2D eigenvalue weighted by Gasteiger charge is -2.26. The number of hydrogen-bond acceptors (Lipinski definition) is 6. The van der Waals surface area contributed by atoms with Crippen molar-refractivity contribution in [1.29, 1.82) is 0 Å². The Hall–Kier alpha value is -2.28. The van der Waals surface area contributed by atoms with Gasteiger partial charge in [0.2, 0.25) is 0 Å². The molecule has 1 aromatic carbocycles. The fourth-order valence-corrected chi connectivity index (χ4v) is 3.09. The van der Waals surface area contributed by atoms with Crippen LogP contribution in [-0.2, 0) is 0 Å². The van der Waals surface area contributed by atoms with Crippen molar-refractivity contribution in [2.45, 2.75) is 11.1 Å². The number of benzene rings is 1. The summed E-state index contributed by atoms with van der Waals surface area (Å²) in [7, 11) is 0. The average molecular weight is 300 g/mol. The molecule has 0 fully saturated rings. The van der Waals surface area contributed by atoms with Gasteiger partial charge >= 0.3 is 0 Å². The maximum atomic E-state index is 5.93. The number of aromatic amines is 1. The van der Waals surface area contributed by atoms with Gasteiger partial charge in [-0.3, -0.25) is 0 Å². The average Bonchev–Trinajstić information content (AvgIpc) is 3.02. The van der Waals surface area contributed by atoms with Crippen LogP contribution < -0.4 is 9.47 Å². The molecule has 1 unspecified atom stereocenters. The van der Waals surface area contributed by atoms with Gasteiger partial charge in [0, 0.05) is 5.75 Å². The Kier molecular flexibility index (Phi) is 3.11. The van der Waals surface area contributed by atoms with Gasteiger partial charge in [-0.2, -0.15) is 0 Å². The maximum Gasteiger partial charge on any atom is 0.181 e. The fraction of sp³-hybridized carbons (Fsp3) is 0.214. The molecule has 106 valence electrons. The summed E-state index contributed by atoms with van der Waals surface area (Å²) < 4.78 is 11.6. The first-order chi connectivity index (χ1) is 10.4. The molecule has 2 aromatic heterocycles. The molecule has 0 radical (unpaired) electrons. The first-order valence-corrected chi connectivity index (χ1v) is 7.54. The first-order valence-electron chi connectivity index (χ1n) is 6.55. The van der Waals surface area contributed by atoms with Crippen LogP contribution in [0.5, 0.6) is 11.5 Å². The van der Waals surface area contributed by atoms with Crippen LogP contribution >= 0.6 is 11.8 Å². The maximum absolute atomic E-state index is 5.93. The van der Waals surface area contributed by atoms with Crippen LogP contribution in [0.2, 0.25) is 0 Å². The van der Waals surface area contributed by atoms with E-state index in [1.807, 2.05) is 24.3 Å². The van der Waals surface area contributed by atoms with Gasteiger partial charge in [0.15, 0.2) is 17.1 Å². The van der Waals surface area contributed by atoms with E-state index in [2.05, 4.69) is 19.9 Å². The number of rotatable bonds is 3. The third kappa shape index (κ3) is 2.40. The zero-order chi connectivity index (χ0) is 14.1. The van der Waals surface area contributed by atoms with Crippen LogP contribution in [0.15, 0.2) is 41.9 Å². The molecule has 3 aromatic rings. The van der Waals surface area contributed by atoms with E-state index in [4.69, 9.17) is 9.47 Å².